The fraction of sp³-hybridized carbons (Fsp3) is 0.875. The number of aliphatic hydroxyl groups excluding tert-OH is 4. The standard InChI is InChI=1S/C6H10O4.C6H14O2.C4H10O2/c7-5(8)3-1-2-4-6(9)10;7-5-3-1-2-4-6-8;1-4(6)2-3-5/h1-4H2,(H,7,8)(H,9,10);7-8H,1-6H2;4-6H,2-3H2,1H3. The van der Waals surface area contributed by atoms with Crippen LogP contribution < -0.4 is 0 Å². The Labute approximate surface area is 143 Å². The van der Waals surface area contributed by atoms with Crippen LogP contribution in [0.3, 0.4) is 0 Å². The molecule has 0 spiro atoms. The van der Waals surface area contributed by atoms with Gasteiger partial charge in [-0.3, -0.25) is 9.59 Å². The van der Waals surface area contributed by atoms with E-state index in [2.05, 4.69) is 0 Å². The molecule has 0 aliphatic rings. The first kappa shape index (κ1) is 27.6. The van der Waals surface area contributed by atoms with Crippen molar-refractivity contribution in [1.29, 1.82) is 0 Å². The van der Waals surface area contributed by atoms with E-state index in [0.717, 1.165) is 25.7 Å². The van der Waals surface area contributed by atoms with Crippen molar-refractivity contribution in [3.8, 4) is 0 Å². The van der Waals surface area contributed by atoms with Crippen LogP contribution in [0.4, 0.5) is 0 Å². The summed E-state index contributed by atoms with van der Waals surface area (Å²) < 4.78 is 0. The van der Waals surface area contributed by atoms with Crippen molar-refractivity contribution in [3.63, 3.8) is 0 Å². The van der Waals surface area contributed by atoms with Crippen LogP contribution in [0, 0.1) is 0 Å². The number of carboxylic acid groups (broad SMARTS) is 2. The van der Waals surface area contributed by atoms with E-state index < -0.39 is 11.9 Å². The summed E-state index contributed by atoms with van der Waals surface area (Å²) in [6.45, 7) is 2.30. The molecule has 0 fully saturated rings. The molecule has 0 aromatic rings. The summed E-state index contributed by atoms with van der Waals surface area (Å²) in [6, 6.07) is 0. The third kappa shape index (κ3) is 42.8. The molecule has 0 rings (SSSR count). The van der Waals surface area contributed by atoms with E-state index >= 15 is 0 Å². The van der Waals surface area contributed by atoms with Crippen LogP contribution in [0.2, 0.25) is 0 Å². The zero-order valence-corrected chi connectivity index (χ0v) is 14.6. The minimum Gasteiger partial charge on any atom is -0.481 e. The van der Waals surface area contributed by atoms with Crippen LogP contribution in [0.1, 0.15) is 64.7 Å². The SMILES string of the molecule is CC(O)CCO.O=C(O)CCCCC(=O)O.OCCCCCCO. The van der Waals surface area contributed by atoms with Crippen molar-refractivity contribution >= 4 is 11.9 Å². The zero-order chi connectivity index (χ0) is 19.2. The Morgan fingerprint density at radius 2 is 1.08 bits per heavy atom. The molecule has 0 saturated carbocycles. The van der Waals surface area contributed by atoms with E-state index in [0.29, 0.717) is 19.3 Å². The number of aliphatic carboxylic acids is 2. The summed E-state index contributed by atoms with van der Waals surface area (Å²) >= 11 is 0. The quantitative estimate of drug-likeness (QED) is 0.283. The normalized spacial score (nSPS) is 10.7. The molecule has 0 saturated heterocycles. The Hall–Kier alpha value is -1.22. The Morgan fingerprint density at radius 1 is 0.708 bits per heavy atom. The van der Waals surface area contributed by atoms with Crippen LogP contribution in [-0.4, -0.2) is 68.5 Å². The van der Waals surface area contributed by atoms with Gasteiger partial charge in [0.15, 0.2) is 0 Å². The maximum absolute atomic E-state index is 9.90. The van der Waals surface area contributed by atoms with Crippen molar-refractivity contribution < 1.29 is 40.2 Å². The molecule has 0 heterocycles. The molecule has 1 atom stereocenters. The van der Waals surface area contributed by atoms with Gasteiger partial charge in [-0.15, -0.1) is 0 Å². The second-order valence-corrected chi connectivity index (χ2v) is 5.22. The molecule has 0 aromatic heterocycles. The second-order valence-electron chi connectivity index (χ2n) is 5.22. The molecule has 8 heteroatoms. The molecule has 0 bridgehead atoms. The lowest BCUT2D eigenvalue weighted by molar-refractivity contribution is -0.139. The lowest BCUT2D eigenvalue weighted by atomic mass is 10.2. The monoisotopic (exact) mass is 354 g/mol. The van der Waals surface area contributed by atoms with Gasteiger partial charge in [-0.1, -0.05) is 12.8 Å². The number of carbonyl (C=O) groups is 2. The number of aliphatic hydroxyl groups is 4. The van der Waals surface area contributed by atoms with E-state index in [9.17, 15) is 9.59 Å². The van der Waals surface area contributed by atoms with Gasteiger partial charge < -0.3 is 30.6 Å². The van der Waals surface area contributed by atoms with Crippen LogP contribution in [0.25, 0.3) is 0 Å². The Balaban J connectivity index is -0.000000285. The zero-order valence-electron chi connectivity index (χ0n) is 14.6. The summed E-state index contributed by atoms with van der Waals surface area (Å²) in [7, 11) is 0. The number of carboxylic acids is 2. The lowest BCUT2D eigenvalue weighted by Crippen LogP contribution is -2.00. The van der Waals surface area contributed by atoms with Gasteiger partial charge in [0.1, 0.15) is 0 Å². The van der Waals surface area contributed by atoms with Crippen molar-refractivity contribution in [3.05, 3.63) is 0 Å². The van der Waals surface area contributed by atoms with Gasteiger partial charge in [0.05, 0.1) is 6.10 Å². The second kappa shape index (κ2) is 24.0. The molecule has 0 amide bonds. The maximum Gasteiger partial charge on any atom is 0.303 e. The fourth-order valence-corrected chi connectivity index (χ4v) is 1.32. The number of unbranched alkanes of at least 4 members (excludes halogenated alkanes) is 4. The summed E-state index contributed by atoms with van der Waals surface area (Å²) in [4.78, 5) is 19.8. The minimum absolute atomic E-state index is 0.0628. The molecular weight excluding hydrogens is 320 g/mol. The van der Waals surface area contributed by atoms with E-state index in [1.165, 1.54) is 0 Å². The largest absolute Gasteiger partial charge is 0.481 e. The van der Waals surface area contributed by atoms with Gasteiger partial charge in [0.25, 0.3) is 0 Å². The molecule has 8 nitrogen and oxygen atoms in total. The van der Waals surface area contributed by atoms with Gasteiger partial charge in [-0.25, -0.2) is 0 Å². The summed E-state index contributed by atoms with van der Waals surface area (Å²) in [5.41, 5.74) is 0. The third-order valence-corrected chi connectivity index (χ3v) is 2.64. The van der Waals surface area contributed by atoms with E-state index in [1.54, 1.807) is 6.92 Å². The van der Waals surface area contributed by atoms with Crippen LogP contribution in [0.15, 0.2) is 0 Å². The average molecular weight is 354 g/mol. The smallest absolute Gasteiger partial charge is 0.303 e. The summed E-state index contributed by atoms with van der Waals surface area (Å²) in [5, 5.41) is 49.3. The first-order valence-corrected chi connectivity index (χ1v) is 8.26. The third-order valence-electron chi connectivity index (χ3n) is 2.64. The molecule has 0 radical (unpaired) electrons. The topological polar surface area (TPSA) is 156 Å². The summed E-state index contributed by atoms with van der Waals surface area (Å²) in [5.74, 6) is -1.74. The van der Waals surface area contributed by atoms with Crippen LogP contribution in [-0.2, 0) is 9.59 Å². The van der Waals surface area contributed by atoms with Crippen molar-refractivity contribution in [2.45, 2.75) is 70.8 Å². The molecule has 6 N–H and O–H groups in total. The predicted molar refractivity (Wildman–Crippen MR) is 89.8 cm³/mol. The molecule has 24 heavy (non-hydrogen) atoms. The Bertz CT molecular complexity index is 247. The average Bonchev–Trinajstić information content (AvgIpc) is 2.49. The number of hydrogen-bond acceptors (Lipinski definition) is 6. The molecule has 0 aliphatic heterocycles. The van der Waals surface area contributed by atoms with Gasteiger partial charge >= 0.3 is 11.9 Å². The van der Waals surface area contributed by atoms with Crippen LogP contribution >= 0.6 is 0 Å². The van der Waals surface area contributed by atoms with Gasteiger partial charge in [0, 0.05) is 32.7 Å². The molecule has 0 aliphatic carbocycles. The Morgan fingerprint density at radius 3 is 1.25 bits per heavy atom. The first-order valence-electron chi connectivity index (χ1n) is 8.26. The Kier molecular flexibility index (Phi) is 27.7. The highest BCUT2D eigenvalue weighted by atomic mass is 16.4. The number of rotatable bonds is 12. The molecular formula is C16H34O8. The minimum atomic E-state index is -0.870. The lowest BCUT2D eigenvalue weighted by Gasteiger charge is -1.95. The van der Waals surface area contributed by atoms with Gasteiger partial charge in [0.2, 0.25) is 0 Å². The molecule has 1 unspecified atom stereocenters. The van der Waals surface area contributed by atoms with Gasteiger partial charge in [-0.2, -0.15) is 0 Å². The summed E-state index contributed by atoms with van der Waals surface area (Å²) in [6.07, 6.45) is 4.98. The fourth-order valence-electron chi connectivity index (χ4n) is 1.32. The van der Waals surface area contributed by atoms with E-state index in [4.69, 9.17) is 30.6 Å². The van der Waals surface area contributed by atoms with Crippen molar-refractivity contribution in [1.82, 2.24) is 0 Å². The van der Waals surface area contributed by atoms with Gasteiger partial charge in [-0.05, 0) is 39.0 Å². The predicted octanol–water partition coefficient (Wildman–Crippen LogP) is 0.997. The highest BCUT2D eigenvalue weighted by Crippen LogP contribution is 1.98. The highest BCUT2D eigenvalue weighted by Gasteiger charge is 1.99. The first-order chi connectivity index (χ1) is 11.3. The van der Waals surface area contributed by atoms with E-state index in [1.807, 2.05) is 0 Å². The molecule has 0 aromatic carbocycles. The van der Waals surface area contributed by atoms with Crippen molar-refractivity contribution in [2.75, 3.05) is 19.8 Å². The van der Waals surface area contributed by atoms with E-state index in [-0.39, 0.29) is 38.8 Å². The number of hydrogen-bond donors (Lipinski definition) is 6. The highest BCUT2D eigenvalue weighted by molar-refractivity contribution is 5.67. The molecule has 146 valence electrons. The maximum atomic E-state index is 9.90. The van der Waals surface area contributed by atoms with Crippen molar-refractivity contribution in [2.24, 2.45) is 0 Å². The van der Waals surface area contributed by atoms with Crippen LogP contribution in [0.5, 0.6) is 0 Å².